The molecule has 2 rings (SSSR count). The van der Waals surface area contributed by atoms with Crippen molar-refractivity contribution in [1.29, 1.82) is 0 Å². The first-order valence-electron chi connectivity index (χ1n) is 6.94. The van der Waals surface area contributed by atoms with E-state index < -0.39 is 4.92 Å². The van der Waals surface area contributed by atoms with Crippen LogP contribution in [-0.4, -0.2) is 38.9 Å². The van der Waals surface area contributed by atoms with E-state index in [4.69, 9.17) is 5.11 Å². The molecule has 0 saturated heterocycles. The third kappa shape index (κ3) is 3.38. The third-order valence-corrected chi connectivity index (χ3v) is 4.03. The van der Waals surface area contributed by atoms with Crippen molar-refractivity contribution >= 4 is 11.6 Å². The normalized spacial score (nSPS) is 15.8. The molecule has 8 nitrogen and oxygen atoms in total. The number of aliphatic hydroxyl groups excluding tert-OH is 1. The molecule has 0 spiro atoms. The second kappa shape index (κ2) is 5.80. The molecule has 1 amide bonds. The van der Waals surface area contributed by atoms with Crippen molar-refractivity contribution in [3.63, 3.8) is 0 Å². The Morgan fingerprint density at radius 3 is 2.67 bits per heavy atom. The predicted octanol–water partition coefficient (Wildman–Crippen LogP) is 0.687. The van der Waals surface area contributed by atoms with E-state index in [9.17, 15) is 14.9 Å². The van der Waals surface area contributed by atoms with Crippen LogP contribution in [0.5, 0.6) is 0 Å². The van der Waals surface area contributed by atoms with Gasteiger partial charge in [-0.25, -0.2) is 0 Å². The Balaban J connectivity index is 1.87. The maximum absolute atomic E-state index is 11.8. The lowest BCUT2D eigenvalue weighted by Crippen LogP contribution is -2.32. The van der Waals surface area contributed by atoms with E-state index in [1.165, 1.54) is 4.68 Å². The molecule has 8 heteroatoms. The van der Waals surface area contributed by atoms with Crippen molar-refractivity contribution in [3.8, 4) is 0 Å². The zero-order valence-electron chi connectivity index (χ0n) is 12.3. The van der Waals surface area contributed by atoms with Gasteiger partial charge in [-0.1, -0.05) is 0 Å². The van der Waals surface area contributed by atoms with Gasteiger partial charge in [0.25, 0.3) is 0 Å². The number of carbonyl (C=O) groups excluding carboxylic acids is 1. The van der Waals surface area contributed by atoms with Gasteiger partial charge in [-0.15, -0.1) is 0 Å². The van der Waals surface area contributed by atoms with Gasteiger partial charge in [0.2, 0.25) is 5.91 Å². The third-order valence-electron chi connectivity index (χ3n) is 4.03. The zero-order chi connectivity index (χ0) is 15.6. The van der Waals surface area contributed by atoms with Crippen LogP contribution in [0.4, 0.5) is 5.69 Å². The standard InChI is InChI=1S/C13H20N4O4/c1-9-12(17(20)21)10(2)16(15-9)6-3-11(19)14-7-13(8-18)4-5-13/h18H,3-8H2,1-2H3,(H,14,19). The smallest absolute Gasteiger partial charge is 0.312 e. The van der Waals surface area contributed by atoms with Crippen LogP contribution < -0.4 is 5.32 Å². The van der Waals surface area contributed by atoms with Gasteiger partial charge in [0.05, 0.1) is 18.1 Å². The van der Waals surface area contributed by atoms with Crippen LogP contribution in [0.25, 0.3) is 0 Å². The highest BCUT2D eigenvalue weighted by molar-refractivity contribution is 5.75. The molecule has 1 heterocycles. The summed E-state index contributed by atoms with van der Waals surface area (Å²) in [6.07, 6.45) is 2.08. The number of hydrogen-bond donors (Lipinski definition) is 2. The van der Waals surface area contributed by atoms with E-state index in [1.807, 2.05) is 0 Å². The molecule has 1 saturated carbocycles. The van der Waals surface area contributed by atoms with Crippen LogP contribution in [0.3, 0.4) is 0 Å². The molecule has 1 aromatic heterocycles. The predicted molar refractivity (Wildman–Crippen MR) is 74.7 cm³/mol. The van der Waals surface area contributed by atoms with Crippen LogP contribution in [0.15, 0.2) is 0 Å². The van der Waals surface area contributed by atoms with Crippen LogP contribution in [0.2, 0.25) is 0 Å². The summed E-state index contributed by atoms with van der Waals surface area (Å²) in [5.41, 5.74) is 0.703. The summed E-state index contributed by atoms with van der Waals surface area (Å²) in [5.74, 6) is -0.134. The molecule has 0 unspecified atom stereocenters. The van der Waals surface area contributed by atoms with Gasteiger partial charge in [-0.05, 0) is 26.7 Å². The number of aliphatic hydroxyl groups is 1. The molecule has 1 fully saturated rings. The minimum Gasteiger partial charge on any atom is -0.396 e. The van der Waals surface area contributed by atoms with Crippen LogP contribution in [0.1, 0.15) is 30.7 Å². The Labute approximate surface area is 122 Å². The number of nitro groups is 1. The molecule has 1 aliphatic rings. The fourth-order valence-corrected chi connectivity index (χ4v) is 2.32. The number of hydrogen-bond acceptors (Lipinski definition) is 5. The lowest BCUT2D eigenvalue weighted by molar-refractivity contribution is -0.386. The molecular formula is C13H20N4O4. The first-order valence-corrected chi connectivity index (χ1v) is 6.94. The summed E-state index contributed by atoms with van der Waals surface area (Å²) >= 11 is 0. The van der Waals surface area contributed by atoms with E-state index in [0.29, 0.717) is 24.5 Å². The first-order chi connectivity index (χ1) is 9.88. The maximum Gasteiger partial charge on any atom is 0.312 e. The molecule has 116 valence electrons. The summed E-state index contributed by atoms with van der Waals surface area (Å²) in [4.78, 5) is 22.2. The number of aromatic nitrogens is 2. The number of amides is 1. The Hall–Kier alpha value is -1.96. The fraction of sp³-hybridized carbons (Fsp3) is 0.692. The SMILES string of the molecule is Cc1nn(CCC(=O)NCC2(CO)CC2)c(C)c1[N+](=O)[O-]. The van der Waals surface area contributed by atoms with E-state index in [-0.39, 0.29) is 30.0 Å². The summed E-state index contributed by atoms with van der Waals surface area (Å²) < 4.78 is 1.49. The van der Waals surface area contributed by atoms with Gasteiger partial charge in [-0.2, -0.15) is 5.10 Å². The molecule has 0 bridgehead atoms. The van der Waals surface area contributed by atoms with Gasteiger partial charge < -0.3 is 10.4 Å². The summed E-state index contributed by atoms with van der Waals surface area (Å²) in [5, 5.41) is 27.0. The highest BCUT2D eigenvalue weighted by Gasteiger charge is 2.41. The molecule has 0 atom stereocenters. The average Bonchev–Trinajstić information content (AvgIpc) is 3.15. The molecule has 0 radical (unpaired) electrons. The first kappa shape index (κ1) is 15.4. The Morgan fingerprint density at radius 1 is 1.52 bits per heavy atom. The van der Waals surface area contributed by atoms with Crippen LogP contribution >= 0.6 is 0 Å². The van der Waals surface area contributed by atoms with E-state index in [0.717, 1.165) is 12.8 Å². The van der Waals surface area contributed by atoms with Gasteiger partial charge >= 0.3 is 5.69 Å². The van der Waals surface area contributed by atoms with Crippen LogP contribution in [-0.2, 0) is 11.3 Å². The molecule has 1 aliphatic carbocycles. The molecule has 0 aliphatic heterocycles. The van der Waals surface area contributed by atoms with Gasteiger partial charge in [0.1, 0.15) is 11.4 Å². The van der Waals surface area contributed by atoms with Crippen molar-refractivity contribution in [2.45, 2.75) is 39.7 Å². The Bertz CT molecular complexity index is 563. The number of rotatable bonds is 7. The molecular weight excluding hydrogens is 276 g/mol. The van der Waals surface area contributed by atoms with E-state index >= 15 is 0 Å². The minimum absolute atomic E-state index is 0.00706. The van der Waals surface area contributed by atoms with Crippen molar-refractivity contribution in [1.82, 2.24) is 15.1 Å². The lowest BCUT2D eigenvalue weighted by Gasteiger charge is -2.12. The average molecular weight is 296 g/mol. The number of nitrogens with one attached hydrogen (secondary N) is 1. The van der Waals surface area contributed by atoms with Crippen molar-refractivity contribution < 1.29 is 14.8 Å². The van der Waals surface area contributed by atoms with Gasteiger partial charge in [0, 0.05) is 18.4 Å². The van der Waals surface area contributed by atoms with E-state index in [2.05, 4.69) is 10.4 Å². The van der Waals surface area contributed by atoms with Crippen molar-refractivity contribution in [2.75, 3.05) is 13.2 Å². The maximum atomic E-state index is 11.8. The van der Waals surface area contributed by atoms with Crippen molar-refractivity contribution in [2.24, 2.45) is 5.41 Å². The number of aryl methyl sites for hydroxylation is 2. The number of nitrogens with zero attached hydrogens (tertiary/aromatic N) is 3. The fourth-order valence-electron chi connectivity index (χ4n) is 2.32. The Morgan fingerprint density at radius 2 is 2.19 bits per heavy atom. The quantitative estimate of drug-likeness (QED) is 0.568. The van der Waals surface area contributed by atoms with Crippen LogP contribution in [0, 0.1) is 29.4 Å². The highest BCUT2D eigenvalue weighted by atomic mass is 16.6. The van der Waals surface area contributed by atoms with Gasteiger partial charge in [0.15, 0.2) is 0 Å². The summed E-state index contributed by atoms with van der Waals surface area (Å²) in [7, 11) is 0. The second-order valence-electron chi connectivity index (χ2n) is 5.68. The summed E-state index contributed by atoms with van der Waals surface area (Å²) in [6, 6.07) is 0. The van der Waals surface area contributed by atoms with Crippen molar-refractivity contribution in [3.05, 3.63) is 21.5 Å². The topological polar surface area (TPSA) is 110 Å². The molecule has 21 heavy (non-hydrogen) atoms. The molecule has 1 aromatic rings. The molecule has 2 N–H and O–H groups in total. The Kier molecular flexibility index (Phi) is 4.26. The monoisotopic (exact) mass is 296 g/mol. The largest absolute Gasteiger partial charge is 0.396 e. The second-order valence-corrected chi connectivity index (χ2v) is 5.68. The van der Waals surface area contributed by atoms with E-state index in [1.54, 1.807) is 13.8 Å². The zero-order valence-corrected chi connectivity index (χ0v) is 12.3. The van der Waals surface area contributed by atoms with Gasteiger partial charge in [-0.3, -0.25) is 19.6 Å². The minimum atomic E-state index is -0.452. The molecule has 0 aromatic carbocycles. The highest BCUT2D eigenvalue weighted by Crippen LogP contribution is 2.44. The lowest BCUT2D eigenvalue weighted by atomic mass is 10.1. The summed E-state index contributed by atoms with van der Waals surface area (Å²) in [6.45, 7) is 4.09. The number of carbonyl (C=O) groups is 1.